The van der Waals surface area contributed by atoms with Crippen molar-refractivity contribution in [1.29, 1.82) is 0 Å². The van der Waals surface area contributed by atoms with E-state index < -0.39 is 12.1 Å². The fraction of sp³-hybridized carbons (Fsp3) is 0.353. The summed E-state index contributed by atoms with van der Waals surface area (Å²) in [6.07, 6.45) is -0.585. The van der Waals surface area contributed by atoms with Crippen LogP contribution in [0.25, 0.3) is 0 Å². The Labute approximate surface area is 148 Å². The lowest BCUT2D eigenvalue weighted by Gasteiger charge is -2.20. The van der Waals surface area contributed by atoms with Crippen LogP contribution in [0.3, 0.4) is 0 Å². The Balaban J connectivity index is 2.04. The molecule has 0 bridgehead atoms. The number of ether oxygens (including phenoxy) is 2. The maximum Gasteiger partial charge on any atom is 0.138 e. The highest BCUT2D eigenvalue weighted by Crippen LogP contribution is 2.29. The molecule has 0 aliphatic rings. The lowest BCUT2D eigenvalue weighted by molar-refractivity contribution is -0.313. The number of carboxylic acids is 1. The van der Waals surface area contributed by atoms with Gasteiger partial charge in [-0.25, -0.2) is 0 Å². The van der Waals surface area contributed by atoms with Gasteiger partial charge in [-0.2, -0.15) is 0 Å². The van der Waals surface area contributed by atoms with Gasteiger partial charge in [0.05, 0.1) is 9.76 Å². The van der Waals surface area contributed by atoms with Gasteiger partial charge in [-0.3, -0.25) is 0 Å². The normalized spacial score (nSPS) is 12.0. The smallest absolute Gasteiger partial charge is 0.138 e. The molecule has 0 amide bonds. The van der Waals surface area contributed by atoms with Gasteiger partial charge < -0.3 is 19.4 Å². The van der Waals surface area contributed by atoms with E-state index in [0.29, 0.717) is 18.8 Å². The lowest BCUT2D eigenvalue weighted by Crippen LogP contribution is -2.39. The van der Waals surface area contributed by atoms with E-state index >= 15 is 0 Å². The van der Waals surface area contributed by atoms with Crippen LogP contribution in [0.2, 0.25) is 0 Å². The van der Waals surface area contributed by atoms with Crippen molar-refractivity contribution in [1.82, 2.24) is 0 Å². The Kier molecular flexibility index (Phi) is 6.07. The third-order valence-corrected chi connectivity index (χ3v) is 5.12. The fourth-order valence-electron chi connectivity index (χ4n) is 2.07. The molecular formula is C17H18BrO4S-. The highest BCUT2D eigenvalue weighted by atomic mass is 79.9. The summed E-state index contributed by atoms with van der Waals surface area (Å²) in [5.74, 6) is 0.0506. The first kappa shape index (κ1) is 17.8. The summed E-state index contributed by atoms with van der Waals surface area (Å²) in [4.78, 5) is 12.1. The van der Waals surface area contributed by atoms with Gasteiger partial charge in [0.1, 0.15) is 24.2 Å². The quantitative estimate of drug-likeness (QED) is 0.715. The van der Waals surface area contributed by atoms with E-state index in [1.165, 1.54) is 5.56 Å². The van der Waals surface area contributed by atoms with Gasteiger partial charge in [0.15, 0.2) is 0 Å². The summed E-state index contributed by atoms with van der Waals surface area (Å²) in [7, 11) is 0. The molecule has 0 aliphatic carbocycles. The van der Waals surface area contributed by atoms with Gasteiger partial charge in [-0.1, -0.05) is 6.92 Å². The van der Waals surface area contributed by atoms with E-state index in [1.807, 2.05) is 19.9 Å². The maximum atomic E-state index is 10.9. The molecule has 0 saturated carbocycles. The van der Waals surface area contributed by atoms with E-state index in [4.69, 9.17) is 9.47 Å². The standard InChI is InChI=1S/C17H19BrO4S/c1-4-13(17(19)20)22-14-6-5-12(7-10(14)2)21-9-15-11(3)8-16(18)23-15/h5-8,13H,4,9H2,1-3H3,(H,19,20)/p-1. The van der Waals surface area contributed by atoms with Gasteiger partial charge in [0.2, 0.25) is 0 Å². The minimum absolute atomic E-state index is 0.354. The predicted molar refractivity (Wildman–Crippen MR) is 92.0 cm³/mol. The Morgan fingerprint density at radius 2 is 2.04 bits per heavy atom. The molecule has 1 aromatic carbocycles. The molecule has 0 saturated heterocycles. The molecule has 0 spiro atoms. The van der Waals surface area contributed by atoms with E-state index in [0.717, 1.165) is 20.0 Å². The van der Waals surface area contributed by atoms with Gasteiger partial charge in [-0.15, -0.1) is 11.3 Å². The number of hydrogen-bond acceptors (Lipinski definition) is 5. The molecule has 2 rings (SSSR count). The molecule has 1 aromatic heterocycles. The average molecular weight is 398 g/mol. The van der Waals surface area contributed by atoms with E-state index in [-0.39, 0.29) is 0 Å². The number of carbonyl (C=O) groups excluding carboxylic acids is 1. The van der Waals surface area contributed by atoms with Crippen LogP contribution < -0.4 is 14.6 Å². The van der Waals surface area contributed by atoms with Crippen molar-refractivity contribution in [2.45, 2.75) is 39.9 Å². The fourth-order valence-corrected chi connectivity index (χ4v) is 3.80. The third-order valence-electron chi connectivity index (χ3n) is 3.41. The number of carbonyl (C=O) groups is 1. The van der Waals surface area contributed by atoms with Crippen molar-refractivity contribution in [3.8, 4) is 11.5 Å². The monoisotopic (exact) mass is 397 g/mol. The molecule has 1 unspecified atom stereocenters. The molecule has 4 nitrogen and oxygen atoms in total. The second-order valence-corrected chi connectivity index (χ2v) is 7.72. The predicted octanol–water partition coefficient (Wildman–Crippen LogP) is 3.61. The summed E-state index contributed by atoms with van der Waals surface area (Å²) in [6, 6.07) is 7.42. The number of carboxylic acid groups (broad SMARTS) is 1. The second kappa shape index (κ2) is 7.84. The van der Waals surface area contributed by atoms with Gasteiger partial charge >= 0.3 is 0 Å². The number of aryl methyl sites for hydroxylation is 2. The molecule has 23 heavy (non-hydrogen) atoms. The summed E-state index contributed by atoms with van der Waals surface area (Å²) < 4.78 is 12.4. The highest BCUT2D eigenvalue weighted by molar-refractivity contribution is 9.11. The van der Waals surface area contributed by atoms with Crippen molar-refractivity contribution in [3.05, 3.63) is 44.1 Å². The van der Waals surface area contributed by atoms with Crippen LogP contribution in [0.1, 0.15) is 29.3 Å². The maximum absolute atomic E-state index is 10.9. The minimum atomic E-state index is -1.20. The second-order valence-electron chi connectivity index (χ2n) is 5.21. The number of halogens is 1. The number of rotatable bonds is 7. The van der Waals surface area contributed by atoms with Gasteiger partial charge in [-0.05, 0) is 71.6 Å². The Morgan fingerprint density at radius 3 is 2.57 bits per heavy atom. The summed E-state index contributed by atoms with van der Waals surface area (Å²) >= 11 is 5.12. The molecule has 6 heteroatoms. The Hall–Kier alpha value is -1.53. The largest absolute Gasteiger partial charge is 0.546 e. The average Bonchev–Trinajstić information content (AvgIpc) is 2.81. The Bertz CT molecular complexity index is 696. The minimum Gasteiger partial charge on any atom is -0.546 e. The van der Waals surface area contributed by atoms with Crippen LogP contribution in [-0.2, 0) is 11.4 Å². The van der Waals surface area contributed by atoms with Gasteiger partial charge in [0, 0.05) is 4.88 Å². The summed E-state index contributed by atoms with van der Waals surface area (Å²) in [5.41, 5.74) is 2.02. The van der Waals surface area contributed by atoms with E-state index in [9.17, 15) is 9.90 Å². The number of thiophene rings is 1. The first-order valence-electron chi connectivity index (χ1n) is 7.26. The zero-order chi connectivity index (χ0) is 17.0. The van der Waals surface area contributed by atoms with Crippen molar-refractivity contribution in [3.63, 3.8) is 0 Å². The van der Waals surface area contributed by atoms with Crippen molar-refractivity contribution < 1.29 is 19.4 Å². The zero-order valence-electron chi connectivity index (χ0n) is 13.2. The van der Waals surface area contributed by atoms with Crippen LogP contribution in [-0.4, -0.2) is 12.1 Å². The number of aliphatic carboxylic acids is 1. The lowest BCUT2D eigenvalue weighted by atomic mass is 10.2. The molecule has 1 heterocycles. The SMILES string of the molecule is CCC(Oc1ccc(OCc2sc(Br)cc2C)cc1C)C(=O)[O-]. The Morgan fingerprint density at radius 1 is 1.30 bits per heavy atom. The highest BCUT2D eigenvalue weighted by Gasteiger charge is 2.12. The molecule has 0 radical (unpaired) electrons. The van der Waals surface area contributed by atoms with Crippen molar-refractivity contribution in [2.75, 3.05) is 0 Å². The van der Waals surface area contributed by atoms with Crippen LogP contribution in [0.15, 0.2) is 28.1 Å². The first-order chi connectivity index (χ1) is 10.9. The van der Waals surface area contributed by atoms with Crippen LogP contribution in [0, 0.1) is 13.8 Å². The first-order valence-corrected chi connectivity index (χ1v) is 8.87. The van der Waals surface area contributed by atoms with Crippen LogP contribution in [0.4, 0.5) is 0 Å². The molecule has 0 N–H and O–H groups in total. The van der Waals surface area contributed by atoms with Gasteiger partial charge in [0.25, 0.3) is 0 Å². The number of hydrogen-bond donors (Lipinski definition) is 0. The number of benzene rings is 1. The summed E-state index contributed by atoms with van der Waals surface area (Å²) in [6.45, 7) is 6.15. The van der Waals surface area contributed by atoms with Crippen LogP contribution >= 0.6 is 27.3 Å². The summed E-state index contributed by atoms with van der Waals surface area (Å²) in [5, 5.41) is 10.9. The zero-order valence-corrected chi connectivity index (χ0v) is 15.6. The molecular weight excluding hydrogens is 380 g/mol. The molecule has 0 fully saturated rings. The van der Waals surface area contributed by atoms with Crippen molar-refractivity contribution in [2.24, 2.45) is 0 Å². The molecule has 124 valence electrons. The molecule has 2 aromatic rings. The topological polar surface area (TPSA) is 58.6 Å². The van der Waals surface area contributed by atoms with E-state index in [2.05, 4.69) is 22.0 Å². The van der Waals surface area contributed by atoms with Crippen molar-refractivity contribution >= 4 is 33.2 Å². The molecule has 1 atom stereocenters. The third kappa shape index (κ3) is 4.72. The van der Waals surface area contributed by atoms with E-state index in [1.54, 1.807) is 30.4 Å². The molecule has 0 aliphatic heterocycles. The van der Waals surface area contributed by atoms with Crippen LogP contribution in [0.5, 0.6) is 11.5 Å².